The molecule has 1 aliphatic rings. The van der Waals surface area contributed by atoms with Crippen molar-refractivity contribution < 1.29 is 9.53 Å². The zero-order valence-electron chi connectivity index (χ0n) is 12.3. The van der Waals surface area contributed by atoms with E-state index in [1.165, 1.54) is 0 Å². The van der Waals surface area contributed by atoms with Gasteiger partial charge in [-0.1, -0.05) is 13.0 Å². The van der Waals surface area contributed by atoms with Crippen LogP contribution in [0, 0.1) is 5.92 Å². The second-order valence-corrected chi connectivity index (χ2v) is 5.39. The predicted molar refractivity (Wildman–Crippen MR) is 81.1 cm³/mol. The molecule has 0 spiro atoms. The molecule has 4 nitrogen and oxygen atoms in total. The fourth-order valence-electron chi connectivity index (χ4n) is 2.42. The Morgan fingerprint density at radius 1 is 1.50 bits per heavy atom. The van der Waals surface area contributed by atoms with Crippen LogP contribution >= 0.6 is 0 Å². The molecule has 1 aromatic rings. The van der Waals surface area contributed by atoms with E-state index in [9.17, 15) is 4.79 Å². The molecule has 0 aliphatic carbocycles. The zero-order valence-corrected chi connectivity index (χ0v) is 12.3. The molecular weight excluding hydrogens is 252 g/mol. The van der Waals surface area contributed by atoms with Crippen molar-refractivity contribution in [3.05, 3.63) is 29.8 Å². The van der Waals surface area contributed by atoms with Crippen molar-refractivity contribution in [3.63, 3.8) is 0 Å². The molecule has 1 aliphatic heterocycles. The van der Waals surface area contributed by atoms with Gasteiger partial charge in [0.25, 0.3) is 5.91 Å². The highest BCUT2D eigenvalue weighted by atomic mass is 16.5. The average Bonchev–Trinajstić information content (AvgIpc) is 2.99. The van der Waals surface area contributed by atoms with E-state index >= 15 is 0 Å². The summed E-state index contributed by atoms with van der Waals surface area (Å²) in [4.78, 5) is 11.9. The van der Waals surface area contributed by atoms with Gasteiger partial charge in [0.1, 0.15) is 0 Å². The van der Waals surface area contributed by atoms with E-state index in [4.69, 9.17) is 4.74 Å². The highest BCUT2D eigenvalue weighted by Crippen LogP contribution is 2.20. The molecule has 4 heteroatoms. The lowest BCUT2D eigenvalue weighted by molar-refractivity contribution is 0.0953. The summed E-state index contributed by atoms with van der Waals surface area (Å²) in [5.74, 6) is 0.542. The molecule has 2 rings (SSSR count). The van der Waals surface area contributed by atoms with Crippen LogP contribution in [-0.2, 0) is 4.74 Å². The Morgan fingerprint density at radius 3 is 3.05 bits per heavy atom. The molecule has 0 saturated carbocycles. The van der Waals surface area contributed by atoms with E-state index in [-0.39, 0.29) is 5.91 Å². The van der Waals surface area contributed by atoms with Crippen molar-refractivity contribution in [2.45, 2.75) is 32.7 Å². The fourth-order valence-corrected chi connectivity index (χ4v) is 2.42. The maximum absolute atomic E-state index is 11.9. The molecule has 1 fully saturated rings. The Balaban J connectivity index is 1.96. The van der Waals surface area contributed by atoms with Crippen molar-refractivity contribution in [2.75, 3.05) is 25.1 Å². The largest absolute Gasteiger partial charge is 0.382 e. The first kappa shape index (κ1) is 14.9. The van der Waals surface area contributed by atoms with Gasteiger partial charge in [0, 0.05) is 36.4 Å². The number of nitrogens with one attached hydrogen (secondary N) is 2. The molecule has 110 valence electrons. The van der Waals surface area contributed by atoms with Crippen LogP contribution in [0.2, 0.25) is 0 Å². The minimum atomic E-state index is -0.00708. The molecule has 1 saturated heterocycles. The third-order valence-electron chi connectivity index (χ3n) is 3.73. The summed E-state index contributed by atoms with van der Waals surface area (Å²) in [7, 11) is 0. The maximum Gasteiger partial charge on any atom is 0.251 e. The van der Waals surface area contributed by atoms with Crippen LogP contribution in [0.3, 0.4) is 0 Å². The Bertz CT molecular complexity index is 442. The summed E-state index contributed by atoms with van der Waals surface area (Å²) >= 11 is 0. The lowest BCUT2D eigenvalue weighted by Gasteiger charge is -2.20. The number of benzene rings is 1. The summed E-state index contributed by atoms with van der Waals surface area (Å²) < 4.78 is 5.42. The van der Waals surface area contributed by atoms with Gasteiger partial charge >= 0.3 is 0 Å². The van der Waals surface area contributed by atoms with E-state index in [1.807, 2.05) is 31.2 Å². The van der Waals surface area contributed by atoms with Gasteiger partial charge in [0.15, 0.2) is 0 Å². The van der Waals surface area contributed by atoms with Crippen molar-refractivity contribution >= 4 is 11.6 Å². The molecule has 1 aromatic carbocycles. The van der Waals surface area contributed by atoms with Gasteiger partial charge < -0.3 is 15.4 Å². The lowest BCUT2D eigenvalue weighted by Crippen LogP contribution is -2.27. The first-order chi connectivity index (χ1) is 9.70. The monoisotopic (exact) mass is 276 g/mol. The number of hydrogen-bond donors (Lipinski definition) is 2. The van der Waals surface area contributed by atoms with Gasteiger partial charge in [-0.05, 0) is 38.0 Å². The van der Waals surface area contributed by atoms with Gasteiger partial charge in [-0.15, -0.1) is 0 Å². The smallest absolute Gasteiger partial charge is 0.251 e. The molecule has 2 atom stereocenters. The zero-order chi connectivity index (χ0) is 14.4. The second-order valence-electron chi connectivity index (χ2n) is 5.39. The quantitative estimate of drug-likeness (QED) is 0.840. The molecule has 2 N–H and O–H groups in total. The number of rotatable bonds is 6. The van der Waals surface area contributed by atoms with Crippen LogP contribution in [-0.4, -0.2) is 31.7 Å². The van der Waals surface area contributed by atoms with E-state index in [0.717, 1.165) is 31.7 Å². The number of anilines is 1. The SMILES string of the molecule is CCCNC(=O)c1cccc(NC(C)C2CCOC2)c1. The molecule has 0 aromatic heterocycles. The summed E-state index contributed by atoms with van der Waals surface area (Å²) in [6.45, 7) is 6.61. The van der Waals surface area contributed by atoms with Gasteiger partial charge in [-0.2, -0.15) is 0 Å². The number of amides is 1. The van der Waals surface area contributed by atoms with Crippen molar-refractivity contribution in [1.29, 1.82) is 0 Å². The number of carbonyl (C=O) groups is 1. The summed E-state index contributed by atoms with van der Waals surface area (Å²) in [5.41, 5.74) is 1.70. The molecule has 1 amide bonds. The third kappa shape index (κ3) is 3.97. The van der Waals surface area contributed by atoms with E-state index < -0.39 is 0 Å². The lowest BCUT2D eigenvalue weighted by atomic mass is 10.0. The van der Waals surface area contributed by atoms with Crippen molar-refractivity contribution in [2.24, 2.45) is 5.92 Å². The molecule has 20 heavy (non-hydrogen) atoms. The normalized spacial score (nSPS) is 19.6. The third-order valence-corrected chi connectivity index (χ3v) is 3.73. The maximum atomic E-state index is 11.9. The molecule has 0 bridgehead atoms. The summed E-state index contributed by atoms with van der Waals surface area (Å²) in [6.07, 6.45) is 2.05. The molecular formula is C16H24N2O2. The van der Waals surface area contributed by atoms with Gasteiger partial charge in [0.2, 0.25) is 0 Å². The van der Waals surface area contributed by atoms with Crippen molar-refractivity contribution in [3.8, 4) is 0 Å². The Kier molecular flexibility index (Phi) is 5.41. The van der Waals surface area contributed by atoms with Crippen LogP contribution in [0.1, 0.15) is 37.0 Å². The molecule has 2 unspecified atom stereocenters. The topological polar surface area (TPSA) is 50.4 Å². The van der Waals surface area contributed by atoms with E-state index in [0.29, 0.717) is 24.1 Å². The van der Waals surface area contributed by atoms with Gasteiger partial charge in [-0.25, -0.2) is 0 Å². The highest BCUT2D eigenvalue weighted by Gasteiger charge is 2.22. The highest BCUT2D eigenvalue weighted by molar-refractivity contribution is 5.95. The minimum absolute atomic E-state index is 0.00708. The van der Waals surface area contributed by atoms with E-state index in [2.05, 4.69) is 17.6 Å². The van der Waals surface area contributed by atoms with E-state index in [1.54, 1.807) is 0 Å². The second kappa shape index (κ2) is 7.29. The predicted octanol–water partition coefficient (Wildman–Crippen LogP) is 2.66. The van der Waals surface area contributed by atoms with Crippen molar-refractivity contribution in [1.82, 2.24) is 5.32 Å². The van der Waals surface area contributed by atoms with Crippen LogP contribution in [0.25, 0.3) is 0 Å². The fraction of sp³-hybridized carbons (Fsp3) is 0.562. The summed E-state index contributed by atoms with van der Waals surface area (Å²) in [5, 5.41) is 6.37. The first-order valence-corrected chi connectivity index (χ1v) is 7.43. The number of hydrogen-bond acceptors (Lipinski definition) is 3. The molecule has 1 heterocycles. The first-order valence-electron chi connectivity index (χ1n) is 7.43. The Morgan fingerprint density at radius 2 is 2.35 bits per heavy atom. The number of carbonyl (C=O) groups excluding carboxylic acids is 1. The van der Waals surface area contributed by atoms with Crippen LogP contribution < -0.4 is 10.6 Å². The average molecular weight is 276 g/mol. The van der Waals surface area contributed by atoms with Crippen LogP contribution in [0.5, 0.6) is 0 Å². The van der Waals surface area contributed by atoms with Crippen LogP contribution in [0.15, 0.2) is 24.3 Å². The van der Waals surface area contributed by atoms with Crippen LogP contribution in [0.4, 0.5) is 5.69 Å². The Labute approximate surface area is 120 Å². The minimum Gasteiger partial charge on any atom is -0.382 e. The standard InChI is InChI=1S/C16H24N2O2/c1-3-8-17-16(19)13-5-4-6-15(10-13)18-12(2)14-7-9-20-11-14/h4-6,10,12,14,18H,3,7-9,11H2,1-2H3,(H,17,19). The van der Waals surface area contributed by atoms with Gasteiger partial charge in [0.05, 0.1) is 6.61 Å². The Hall–Kier alpha value is -1.55. The number of ether oxygens (including phenoxy) is 1. The van der Waals surface area contributed by atoms with Gasteiger partial charge in [-0.3, -0.25) is 4.79 Å². The molecule has 0 radical (unpaired) electrons. The summed E-state index contributed by atoms with van der Waals surface area (Å²) in [6, 6.07) is 8.03.